The molecule has 0 aliphatic carbocycles. The number of carboxylic acid groups (broad SMARTS) is 1. The van der Waals surface area contributed by atoms with Crippen LogP contribution in [0.5, 0.6) is 0 Å². The maximum atomic E-state index is 10.2. The van der Waals surface area contributed by atoms with E-state index in [1.54, 1.807) is 0 Å². The molecule has 0 N–H and O–H groups in total. The molecule has 0 aromatic rings. The van der Waals surface area contributed by atoms with Gasteiger partial charge >= 0.3 is 80.9 Å². The zero-order valence-electron chi connectivity index (χ0n) is 15.2. The number of hydrogen-bond donors (Lipinski definition) is 0. The number of carboxylic acids is 1. The molecule has 20 heavy (non-hydrogen) atoms. The van der Waals surface area contributed by atoms with E-state index in [4.69, 9.17) is 0 Å². The van der Waals surface area contributed by atoms with Crippen molar-refractivity contribution in [1.29, 1.82) is 0 Å². The van der Waals surface area contributed by atoms with Gasteiger partial charge in [-0.3, -0.25) is 0 Å². The van der Waals surface area contributed by atoms with Crippen molar-refractivity contribution in [3.63, 3.8) is 0 Å². The summed E-state index contributed by atoms with van der Waals surface area (Å²) in [4.78, 5) is 10.2. The van der Waals surface area contributed by atoms with Gasteiger partial charge in [-0.05, 0) is 12.8 Å². The minimum Gasteiger partial charge on any atom is -1.00 e. The van der Waals surface area contributed by atoms with E-state index in [2.05, 4.69) is 6.92 Å². The quantitative estimate of drug-likeness (QED) is 0.284. The molecule has 0 rings (SSSR count). The molecule has 0 aromatic carbocycles. The van der Waals surface area contributed by atoms with Crippen LogP contribution in [0.4, 0.5) is 0 Å². The Bertz CT molecular complexity index is 195. The van der Waals surface area contributed by atoms with E-state index >= 15 is 0 Å². The molecule has 0 amide bonds. The summed E-state index contributed by atoms with van der Waals surface area (Å²) in [5, 5.41) is 10.2. The molecular weight excluding hydrogens is 286 g/mol. The van der Waals surface area contributed by atoms with Gasteiger partial charge in [0.05, 0.1) is 0 Å². The van der Waals surface area contributed by atoms with Crippen LogP contribution in [0.2, 0.25) is 0 Å². The number of unbranched alkanes of at least 4 members (excludes halogenated alkanes) is 12. The minimum atomic E-state index is -0.905. The molecule has 2 nitrogen and oxygen atoms in total. The van der Waals surface area contributed by atoms with Gasteiger partial charge in [0.2, 0.25) is 0 Å². The van der Waals surface area contributed by atoms with Crippen LogP contribution in [0.3, 0.4) is 0 Å². The summed E-state index contributed by atoms with van der Waals surface area (Å²) in [6.45, 7) is 2.26. The number of hydrogen-bond acceptors (Lipinski definition) is 2. The zero-order chi connectivity index (χ0) is 13.5. The Morgan fingerprint density at radius 2 is 1.05 bits per heavy atom. The Labute approximate surface area is 192 Å². The summed E-state index contributed by atoms with van der Waals surface area (Å²) in [6.07, 6.45) is 16.9. The average molecular weight is 319 g/mol. The van der Waals surface area contributed by atoms with Crippen molar-refractivity contribution >= 4 is 5.97 Å². The number of rotatable bonds is 14. The van der Waals surface area contributed by atoms with Crippen LogP contribution in [0.1, 0.15) is 98.2 Å². The second-order valence-electron chi connectivity index (χ2n) is 5.36. The molecule has 0 atom stereocenters. The topological polar surface area (TPSA) is 40.1 Å². The van der Waals surface area contributed by atoms with Crippen molar-refractivity contribution in [2.45, 2.75) is 96.8 Å². The first-order valence-electron chi connectivity index (χ1n) is 7.97. The third kappa shape index (κ3) is 25.1. The summed E-state index contributed by atoms with van der Waals surface area (Å²) >= 11 is 0. The maximum Gasteiger partial charge on any atom is 1.00 e. The smallest absolute Gasteiger partial charge is 1.00 e. The van der Waals surface area contributed by atoms with Gasteiger partial charge in [-0.15, -0.1) is 0 Å². The molecule has 0 unspecified atom stereocenters. The Hall–Kier alpha value is 2.11. The fourth-order valence-corrected chi connectivity index (χ4v) is 2.29. The maximum absolute atomic E-state index is 10.2. The Morgan fingerprint density at radius 1 is 0.750 bits per heavy atom. The standard InChI is InChI=1S/C16H32O2.K.Na.H/c1-2-3-4-5-6-7-8-9-10-11-12-13-14-15-16(17)18;;;/h2-15H2,1H3,(H,17,18);;;/q;2*+1;-1/p-1. The van der Waals surface area contributed by atoms with Gasteiger partial charge in [0, 0.05) is 5.97 Å². The predicted octanol–water partition coefficient (Wildman–Crippen LogP) is -1.66. The number of aliphatic carboxylic acids is 1. The van der Waals surface area contributed by atoms with Gasteiger partial charge < -0.3 is 11.3 Å². The van der Waals surface area contributed by atoms with E-state index in [9.17, 15) is 9.90 Å². The van der Waals surface area contributed by atoms with Gasteiger partial charge in [-0.1, -0.05) is 84.0 Å². The SMILES string of the molecule is CCCCCCCCCCCCCCCC(=O)[O-].[H-].[K+].[Na+]. The van der Waals surface area contributed by atoms with Gasteiger partial charge in [-0.25, -0.2) is 0 Å². The summed E-state index contributed by atoms with van der Waals surface area (Å²) in [7, 11) is 0. The molecule has 0 saturated heterocycles. The van der Waals surface area contributed by atoms with E-state index in [-0.39, 0.29) is 88.8 Å². The predicted molar refractivity (Wildman–Crippen MR) is 76.4 cm³/mol. The molecule has 0 spiro atoms. The molecular formula is C16H32KNaO2. The summed E-state index contributed by atoms with van der Waals surface area (Å²) in [5.74, 6) is -0.905. The molecule has 0 aliphatic heterocycles. The fourth-order valence-electron chi connectivity index (χ4n) is 2.29. The number of carbonyl (C=O) groups excluding carboxylic acids is 1. The van der Waals surface area contributed by atoms with E-state index < -0.39 is 5.97 Å². The van der Waals surface area contributed by atoms with Crippen LogP contribution in [0, 0.1) is 0 Å². The average Bonchev–Trinajstić information content (AvgIpc) is 2.34. The summed E-state index contributed by atoms with van der Waals surface area (Å²) in [6, 6.07) is 0. The second kappa shape index (κ2) is 23.4. The van der Waals surface area contributed by atoms with Crippen molar-refractivity contribution in [2.75, 3.05) is 0 Å². The fraction of sp³-hybridized carbons (Fsp3) is 0.938. The molecule has 110 valence electrons. The normalized spacial score (nSPS) is 9.65. The summed E-state index contributed by atoms with van der Waals surface area (Å²) < 4.78 is 0. The summed E-state index contributed by atoms with van der Waals surface area (Å²) in [5.41, 5.74) is 0. The van der Waals surface area contributed by atoms with Crippen LogP contribution < -0.4 is 86.0 Å². The van der Waals surface area contributed by atoms with Crippen LogP contribution in [-0.4, -0.2) is 5.97 Å². The molecule has 0 fully saturated rings. The van der Waals surface area contributed by atoms with Crippen molar-refractivity contribution in [1.82, 2.24) is 0 Å². The van der Waals surface area contributed by atoms with Crippen molar-refractivity contribution in [3.8, 4) is 0 Å². The van der Waals surface area contributed by atoms with Crippen molar-refractivity contribution in [2.24, 2.45) is 0 Å². The molecule has 0 saturated carbocycles. The largest absolute Gasteiger partial charge is 1.00 e. The van der Waals surface area contributed by atoms with Gasteiger partial charge in [0.25, 0.3) is 0 Å². The Morgan fingerprint density at radius 3 is 1.35 bits per heavy atom. The Kier molecular flexibility index (Phi) is 31.5. The van der Waals surface area contributed by atoms with E-state index in [1.165, 1.54) is 70.6 Å². The second-order valence-corrected chi connectivity index (χ2v) is 5.36. The van der Waals surface area contributed by atoms with Crippen LogP contribution in [-0.2, 0) is 4.79 Å². The van der Waals surface area contributed by atoms with Crippen LogP contribution in [0.25, 0.3) is 0 Å². The van der Waals surface area contributed by atoms with Crippen molar-refractivity contribution < 1.29 is 92.3 Å². The third-order valence-corrected chi connectivity index (χ3v) is 3.48. The molecule has 0 radical (unpaired) electrons. The van der Waals surface area contributed by atoms with E-state index in [1.807, 2.05) is 0 Å². The first kappa shape index (κ1) is 27.0. The first-order chi connectivity index (χ1) is 8.77. The van der Waals surface area contributed by atoms with Crippen LogP contribution >= 0.6 is 0 Å². The molecule has 0 bridgehead atoms. The van der Waals surface area contributed by atoms with E-state index in [0.29, 0.717) is 0 Å². The van der Waals surface area contributed by atoms with Gasteiger partial charge in [-0.2, -0.15) is 0 Å². The van der Waals surface area contributed by atoms with Crippen LogP contribution in [0.15, 0.2) is 0 Å². The molecule has 0 aliphatic rings. The van der Waals surface area contributed by atoms with Gasteiger partial charge in [0.15, 0.2) is 0 Å². The minimum absolute atomic E-state index is 0. The molecule has 0 heterocycles. The Balaban J connectivity index is -0.000000482. The monoisotopic (exact) mass is 318 g/mol. The molecule has 0 aromatic heterocycles. The zero-order valence-corrected chi connectivity index (χ0v) is 19.3. The number of carbonyl (C=O) groups is 1. The van der Waals surface area contributed by atoms with E-state index in [0.717, 1.165) is 12.8 Å². The van der Waals surface area contributed by atoms with Crippen molar-refractivity contribution in [3.05, 3.63) is 0 Å². The third-order valence-electron chi connectivity index (χ3n) is 3.48. The molecule has 4 heteroatoms. The van der Waals surface area contributed by atoms with Gasteiger partial charge in [0.1, 0.15) is 0 Å². The first-order valence-corrected chi connectivity index (χ1v) is 7.97.